The maximum atomic E-state index is 12.4. The van der Waals surface area contributed by atoms with Gasteiger partial charge in [-0.25, -0.2) is 0 Å². The van der Waals surface area contributed by atoms with Gasteiger partial charge in [-0.05, 0) is 31.1 Å². The van der Waals surface area contributed by atoms with Crippen molar-refractivity contribution < 1.29 is 23.0 Å². The van der Waals surface area contributed by atoms with E-state index in [9.17, 15) is 18.3 Å². The average Bonchev–Trinajstić information content (AvgIpc) is 2.66. The lowest BCUT2D eigenvalue weighted by Crippen LogP contribution is -2.61. The molecule has 0 aromatic carbocycles. The summed E-state index contributed by atoms with van der Waals surface area (Å²) in [4.78, 5) is 0. The first-order valence-corrected chi connectivity index (χ1v) is 6.44. The van der Waals surface area contributed by atoms with Crippen molar-refractivity contribution in [2.24, 2.45) is 5.41 Å². The normalized spacial score (nSPS) is 32.0. The van der Waals surface area contributed by atoms with Gasteiger partial charge in [-0.1, -0.05) is 6.42 Å². The maximum absolute atomic E-state index is 12.4. The third kappa shape index (κ3) is 2.51. The van der Waals surface area contributed by atoms with Crippen LogP contribution in [0.5, 0.6) is 0 Å². The van der Waals surface area contributed by atoms with Crippen molar-refractivity contribution in [1.82, 2.24) is 5.32 Å². The number of rotatable bonds is 3. The van der Waals surface area contributed by atoms with Gasteiger partial charge < -0.3 is 15.2 Å². The molecular formula is C12H20F3NO2. The number of aliphatic hydroxyl groups excluding tert-OH is 1. The number of ether oxygens (including phenoxy) is 1. The molecule has 1 unspecified atom stereocenters. The summed E-state index contributed by atoms with van der Waals surface area (Å²) >= 11 is 0. The van der Waals surface area contributed by atoms with Gasteiger partial charge in [-0.2, -0.15) is 13.2 Å². The highest BCUT2D eigenvalue weighted by atomic mass is 19.4. The Bertz CT molecular complexity index is 290. The van der Waals surface area contributed by atoms with Crippen molar-refractivity contribution in [3.63, 3.8) is 0 Å². The maximum Gasteiger partial charge on any atom is 0.401 e. The standard InChI is InChI=1S/C12H20F3NO2/c13-12(14,15)8-16-11(9-17)3-1-2-10(11)4-6-18-7-5-10/h16-17H,1-9H2. The fraction of sp³-hybridized carbons (Fsp3) is 1.00. The van der Waals surface area contributed by atoms with E-state index in [1.807, 2.05) is 0 Å². The zero-order valence-corrected chi connectivity index (χ0v) is 10.4. The Morgan fingerprint density at radius 2 is 1.78 bits per heavy atom. The van der Waals surface area contributed by atoms with Crippen LogP contribution >= 0.6 is 0 Å². The molecule has 0 aromatic rings. The van der Waals surface area contributed by atoms with Crippen LogP contribution in [-0.4, -0.2) is 43.2 Å². The molecular weight excluding hydrogens is 247 g/mol. The predicted octanol–water partition coefficient (Wildman–Crippen LogP) is 1.85. The molecule has 1 aliphatic heterocycles. The molecule has 0 bridgehead atoms. The summed E-state index contributed by atoms with van der Waals surface area (Å²) in [6.07, 6.45) is -0.416. The number of hydrogen-bond donors (Lipinski definition) is 2. The predicted molar refractivity (Wildman–Crippen MR) is 60.2 cm³/mol. The van der Waals surface area contributed by atoms with E-state index < -0.39 is 18.3 Å². The number of hydrogen-bond acceptors (Lipinski definition) is 3. The zero-order valence-electron chi connectivity index (χ0n) is 10.4. The molecule has 0 amide bonds. The highest BCUT2D eigenvalue weighted by Gasteiger charge is 2.55. The summed E-state index contributed by atoms with van der Waals surface area (Å²) in [5.74, 6) is 0. The topological polar surface area (TPSA) is 41.5 Å². The summed E-state index contributed by atoms with van der Waals surface area (Å²) in [6.45, 7) is -0.107. The SMILES string of the molecule is OCC1(NCC(F)(F)F)CCCC12CCOCC2. The minimum absolute atomic E-state index is 0.231. The van der Waals surface area contributed by atoms with Gasteiger partial charge in [-0.3, -0.25) is 0 Å². The molecule has 1 aliphatic carbocycles. The van der Waals surface area contributed by atoms with Crippen LogP contribution in [0.3, 0.4) is 0 Å². The van der Waals surface area contributed by atoms with Gasteiger partial charge in [-0.15, -0.1) is 0 Å². The van der Waals surface area contributed by atoms with Crippen LogP contribution in [0.15, 0.2) is 0 Å². The number of aliphatic hydroxyl groups is 1. The van der Waals surface area contributed by atoms with Crippen molar-refractivity contribution in [3.05, 3.63) is 0 Å². The van der Waals surface area contributed by atoms with E-state index >= 15 is 0 Å². The molecule has 3 nitrogen and oxygen atoms in total. The number of halogens is 3. The summed E-state index contributed by atoms with van der Waals surface area (Å²) in [5, 5.41) is 12.3. The Balaban J connectivity index is 2.13. The fourth-order valence-corrected chi connectivity index (χ4v) is 3.57. The molecule has 2 rings (SSSR count). The largest absolute Gasteiger partial charge is 0.401 e. The molecule has 0 radical (unpaired) electrons. The summed E-state index contributed by atoms with van der Waals surface area (Å²) in [7, 11) is 0. The van der Waals surface area contributed by atoms with Gasteiger partial charge in [0.2, 0.25) is 0 Å². The second kappa shape index (κ2) is 4.98. The second-order valence-corrected chi connectivity index (χ2v) is 5.46. The van der Waals surface area contributed by atoms with E-state index in [0.717, 1.165) is 25.7 Å². The molecule has 2 N–H and O–H groups in total. The van der Waals surface area contributed by atoms with Crippen molar-refractivity contribution >= 4 is 0 Å². The summed E-state index contributed by atoms with van der Waals surface area (Å²) < 4.78 is 42.5. The highest BCUT2D eigenvalue weighted by molar-refractivity contribution is 5.09. The zero-order chi connectivity index (χ0) is 13.3. The van der Waals surface area contributed by atoms with E-state index in [2.05, 4.69) is 5.32 Å². The van der Waals surface area contributed by atoms with Crippen LogP contribution in [0.4, 0.5) is 13.2 Å². The van der Waals surface area contributed by atoms with Crippen molar-refractivity contribution in [2.45, 2.75) is 43.8 Å². The molecule has 1 atom stereocenters. The Labute approximate surface area is 105 Å². The molecule has 2 fully saturated rings. The molecule has 106 valence electrons. The van der Waals surface area contributed by atoms with Crippen LogP contribution in [0.1, 0.15) is 32.1 Å². The van der Waals surface area contributed by atoms with Crippen LogP contribution in [-0.2, 0) is 4.74 Å². The molecule has 0 aromatic heterocycles. The van der Waals surface area contributed by atoms with Crippen molar-refractivity contribution in [1.29, 1.82) is 0 Å². The molecule has 2 aliphatic rings. The van der Waals surface area contributed by atoms with E-state index in [1.54, 1.807) is 0 Å². The van der Waals surface area contributed by atoms with Gasteiger partial charge in [0.05, 0.1) is 13.2 Å². The monoisotopic (exact) mass is 267 g/mol. The quantitative estimate of drug-likeness (QED) is 0.820. The van der Waals surface area contributed by atoms with Crippen LogP contribution in [0.2, 0.25) is 0 Å². The third-order valence-corrected chi connectivity index (χ3v) is 4.62. The number of alkyl halides is 3. The molecule has 18 heavy (non-hydrogen) atoms. The van der Waals surface area contributed by atoms with E-state index in [1.165, 1.54) is 0 Å². The lowest BCUT2D eigenvalue weighted by atomic mass is 9.67. The van der Waals surface area contributed by atoms with Gasteiger partial charge in [0.1, 0.15) is 0 Å². The number of nitrogens with one attached hydrogen (secondary N) is 1. The van der Waals surface area contributed by atoms with Gasteiger partial charge in [0.25, 0.3) is 0 Å². The summed E-state index contributed by atoms with van der Waals surface area (Å²) in [5.41, 5.74) is -1.02. The Morgan fingerprint density at radius 3 is 2.33 bits per heavy atom. The first-order valence-electron chi connectivity index (χ1n) is 6.44. The van der Waals surface area contributed by atoms with Crippen LogP contribution in [0, 0.1) is 5.41 Å². The lowest BCUT2D eigenvalue weighted by Gasteiger charge is -2.48. The van der Waals surface area contributed by atoms with Crippen molar-refractivity contribution in [2.75, 3.05) is 26.4 Å². The Morgan fingerprint density at radius 1 is 1.11 bits per heavy atom. The molecule has 1 spiro atoms. The van der Waals surface area contributed by atoms with E-state index in [0.29, 0.717) is 19.6 Å². The minimum Gasteiger partial charge on any atom is -0.394 e. The highest BCUT2D eigenvalue weighted by Crippen LogP contribution is 2.52. The van der Waals surface area contributed by atoms with Gasteiger partial charge in [0.15, 0.2) is 0 Å². The molecule has 1 saturated heterocycles. The lowest BCUT2D eigenvalue weighted by molar-refractivity contribution is -0.137. The van der Waals surface area contributed by atoms with Crippen LogP contribution in [0.25, 0.3) is 0 Å². The molecule has 6 heteroatoms. The minimum atomic E-state index is -4.24. The average molecular weight is 267 g/mol. The Kier molecular flexibility index (Phi) is 3.90. The van der Waals surface area contributed by atoms with E-state index in [-0.39, 0.29) is 12.0 Å². The van der Waals surface area contributed by atoms with Gasteiger partial charge >= 0.3 is 6.18 Å². The fourth-order valence-electron chi connectivity index (χ4n) is 3.57. The third-order valence-electron chi connectivity index (χ3n) is 4.62. The second-order valence-electron chi connectivity index (χ2n) is 5.46. The van der Waals surface area contributed by atoms with Crippen LogP contribution < -0.4 is 5.32 Å². The summed E-state index contributed by atoms with van der Waals surface area (Å²) in [6, 6.07) is 0. The first kappa shape index (κ1) is 14.1. The molecule has 1 heterocycles. The van der Waals surface area contributed by atoms with E-state index in [4.69, 9.17) is 4.74 Å². The first-order chi connectivity index (χ1) is 8.43. The molecule has 1 saturated carbocycles. The smallest absolute Gasteiger partial charge is 0.394 e. The van der Waals surface area contributed by atoms with Gasteiger partial charge in [0, 0.05) is 18.8 Å². The van der Waals surface area contributed by atoms with Crippen molar-refractivity contribution in [3.8, 4) is 0 Å². The Hall–Kier alpha value is -0.330.